The molecule has 1 rings (SSSR count). The molecule has 0 radical (unpaired) electrons. The van der Waals surface area contributed by atoms with Gasteiger partial charge < -0.3 is 15.4 Å². The van der Waals surface area contributed by atoms with E-state index in [9.17, 15) is 0 Å². The number of rotatable bonds is 4. The summed E-state index contributed by atoms with van der Waals surface area (Å²) in [6.45, 7) is 9.84. The first-order valence-electron chi connectivity index (χ1n) is 5.46. The van der Waals surface area contributed by atoms with Crippen molar-refractivity contribution in [2.45, 2.75) is 39.3 Å². The normalized spacial score (nSPS) is 26.8. The Morgan fingerprint density at radius 2 is 2.21 bits per heavy atom. The lowest BCUT2D eigenvalue weighted by Gasteiger charge is -2.33. The van der Waals surface area contributed by atoms with Crippen LogP contribution in [-0.4, -0.2) is 43.8 Å². The molecule has 1 heterocycles. The van der Waals surface area contributed by atoms with Crippen molar-refractivity contribution in [3.63, 3.8) is 0 Å². The zero-order valence-electron chi connectivity index (χ0n) is 9.92. The van der Waals surface area contributed by atoms with Crippen LogP contribution in [0.1, 0.15) is 27.2 Å². The first kappa shape index (κ1) is 12.0. The monoisotopic (exact) mass is 200 g/mol. The van der Waals surface area contributed by atoms with Gasteiger partial charge in [0.25, 0.3) is 0 Å². The Bertz CT molecular complexity index is 180. The van der Waals surface area contributed by atoms with E-state index in [0.29, 0.717) is 6.10 Å². The summed E-state index contributed by atoms with van der Waals surface area (Å²) in [7, 11) is 1.80. The summed E-state index contributed by atoms with van der Waals surface area (Å²) in [5.74, 6) is 0. The number of likely N-dealkylation sites (tertiary alicyclic amines) is 1. The van der Waals surface area contributed by atoms with Gasteiger partial charge in [-0.3, -0.25) is 0 Å². The van der Waals surface area contributed by atoms with Crippen LogP contribution in [-0.2, 0) is 4.74 Å². The Hall–Kier alpha value is -0.120. The molecule has 1 fully saturated rings. The summed E-state index contributed by atoms with van der Waals surface area (Å²) < 4.78 is 5.34. The van der Waals surface area contributed by atoms with E-state index in [1.807, 2.05) is 0 Å². The average Bonchev–Trinajstić information content (AvgIpc) is 2.51. The molecule has 0 aromatic rings. The molecule has 0 bridgehead atoms. The second-order valence-corrected chi connectivity index (χ2v) is 5.16. The Morgan fingerprint density at radius 3 is 2.64 bits per heavy atom. The number of nitrogens with zero attached hydrogens (tertiary/aromatic N) is 1. The van der Waals surface area contributed by atoms with Gasteiger partial charge in [-0.05, 0) is 18.8 Å². The van der Waals surface area contributed by atoms with Crippen molar-refractivity contribution < 1.29 is 4.74 Å². The van der Waals surface area contributed by atoms with Crippen molar-refractivity contribution in [2.24, 2.45) is 11.1 Å². The van der Waals surface area contributed by atoms with Crippen LogP contribution in [0.2, 0.25) is 0 Å². The minimum Gasteiger partial charge on any atom is -0.380 e. The average molecular weight is 200 g/mol. The van der Waals surface area contributed by atoms with E-state index in [1.165, 1.54) is 0 Å². The van der Waals surface area contributed by atoms with Crippen LogP contribution in [0.4, 0.5) is 0 Å². The van der Waals surface area contributed by atoms with Gasteiger partial charge in [0, 0.05) is 32.8 Å². The zero-order chi connectivity index (χ0) is 10.8. The van der Waals surface area contributed by atoms with Gasteiger partial charge in [0.2, 0.25) is 0 Å². The summed E-state index contributed by atoms with van der Waals surface area (Å²) >= 11 is 0. The van der Waals surface area contributed by atoms with E-state index in [-0.39, 0.29) is 11.5 Å². The fourth-order valence-electron chi connectivity index (χ4n) is 1.85. The van der Waals surface area contributed by atoms with Crippen molar-refractivity contribution >= 4 is 0 Å². The maximum absolute atomic E-state index is 5.96. The number of nitrogens with two attached hydrogens (primary N) is 1. The predicted octanol–water partition coefficient (Wildman–Crippen LogP) is 1.08. The van der Waals surface area contributed by atoms with Gasteiger partial charge >= 0.3 is 0 Å². The maximum Gasteiger partial charge on any atom is 0.0710 e. The molecule has 2 atom stereocenters. The van der Waals surface area contributed by atoms with Gasteiger partial charge in [0.1, 0.15) is 0 Å². The zero-order valence-corrected chi connectivity index (χ0v) is 9.92. The quantitative estimate of drug-likeness (QED) is 0.738. The van der Waals surface area contributed by atoms with E-state index < -0.39 is 0 Å². The molecule has 84 valence electrons. The lowest BCUT2D eigenvalue weighted by molar-refractivity contribution is 0.0985. The van der Waals surface area contributed by atoms with Crippen LogP contribution < -0.4 is 5.73 Å². The van der Waals surface area contributed by atoms with Crippen molar-refractivity contribution in [3.05, 3.63) is 0 Å². The Morgan fingerprint density at radius 1 is 1.57 bits per heavy atom. The molecule has 14 heavy (non-hydrogen) atoms. The fraction of sp³-hybridized carbons (Fsp3) is 1.00. The SMILES string of the molecule is COC1CCN(CC(C)(C)C(C)N)C1. The van der Waals surface area contributed by atoms with Crippen molar-refractivity contribution in [1.82, 2.24) is 4.90 Å². The Balaban J connectivity index is 2.39. The largest absolute Gasteiger partial charge is 0.380 e. The second kappa shape index (κ2) is 4.60. The van der Waals surface area contributed by atoms with Crippen molar-refractivity contribution in [1.29, 1.82) is 0 Å². The topological polar surface area (TPSA) is 38.5 Å². The number of ether oxygens (including phenoxy) is 1. The highest BCUT2D eigenvalue weighted by atomic mass is 16.5. The lowest BCUT2D eigenvalue weighted by Crippen LogP contribution is -2.43. The molecule has 2 unspecified atom stereocenters. The molecule has 1 aliphatic rings. The van der Waals surface area contributed by atoms with Crippen LogP contribution in [0, 0.1) is 5.41 Å². The summed E-state index contributed by atoms with van der Waals surface area (Å²) in [6, 6.07) is 0.240. The summed E-state index contributed by atoms with van der Waals surface area (Å²) in [5, 5.41) is 0. The van der Waals surface area contributed by atoms with Crippen molar-refractivity contribution in [2.75, 3.05) is 26.7 Å². The van der Waals surface area contributed by atoms with E-state index in [0.717, 1.165) is 26.1 Å². The minimum absolute atomic E-state index is 0.197. The van der Waals surface area contributed by atoms with Crippen LogP contribution in [0.15, 0.2) is 0 Å². The third kappa shape index (κ3) is 2.94. The van der Waals surface area contributed by atoms with Crippen molar-refractivity contribution in [3.8, 4) is 0 Å². The molecule has 1 saturated heterocycles. The number of methoxy groups -OCH3 is 1. The van der Waals surface area contributed by atoms with E-state index in [2.05, 4.69) is 25.7 Å². The third-order valence-electron chi connectivity index (χ3n) is 3.43. The predicted molar refractivity (Wildman–Crippen MR) is 59.3 cm³/mol. The molecule has 0 amide bonds. The highest BCUT2D eigenvalue weighted by molar-refractivity contribution is 4.85. The first-order chi connectivity index (χ1) is 6.45. The van der Waals surface area contributed by atoms with Gasteiger partial charge in [0.05, 0.1) is 6.10 Å². The lowest BCUT2D eigenvalue weighted by atomic mass is 9.85. The molecule has 3 nitrogen and oxygen atoms in total. The first-order valence-corrected chi connectivity index (χ1v) is 5.46. The maximum atomic E-state index is 5.96. The van der Waals surface area contributed by atoms with Gasteiger partial charge in [-0.1, -0.05) is 13.8 Å². The molecule has 0 aromatic carbocycles. The van der Waals surface area contributed by atoms with Gasteiger partial charge in [-0.25, -0.2) is 0 Å². The molecule has 3 heteroatoms. The highest BCUT2D eigenvalue weighted by Crippen LogP contribution is 2.23. The molecular formula is C11H24N2O. The van der Waals surface area contributed by atoms with Crippen LogP contribution in [0.3, 0.4) is 0 Å². The van der Waals surface area contributed by atoms with E-state index in [1.54, 1.807) is 7.11 Å². The molecule has 0 spiro atoms. The van der Waals surface area contributed by atoms with Gasteiger partial charge in [-0.15, -0.1) is 0 Å². The molecule has 2 N–H and O–H groups in total. The van der Waals surface area contributed by atoms with Gasteiger partial charge in [-0.2, -0.15) is 0 Å². The van der Waals surface area contributed by atoms with Gasteiger partial charge in [0.15, 0.2) is 0 Å². The Kier molecular flexibility index (Phi) is 3.93. The van der Waals surface area contributed by atoms with Crippen LogP contribution in [0.25, 0.3) is 0 Å². The minimum atomic E-state index is 0.197. The highest BCUT2D eigenvalue weighted by Gasteiger charge is 2.30. The molecule has 0 aromatic heterocycles. The summed E-state index contributed by atoms with van der Waals surface area (Å²) in [5.41, 5.74) is 6.15. The summed E-state index contributed by atoms with van der Waals surface area (Å²) in [4.78, 5) is 2.46. The molecule has 0 saturated carbocycles. The molecule has 1 aliphatic heterocycles. The Labute approximate surface area is 87.6 Å². The number of hydrogen-bond acceptors (Lipinski definition) is 3. The smallest absolute Gasteiger partial charge is 0.0710 e. The summed E-state index contributed by atoms with van der Waals surface area (Å²) in [6.07, 6.45) is 1.59. The second-order valence-electron chi connectivity index (χ2n) is 5.16. The number of hydrogen-bond donors (Lipinski definition) is 1. The van der Waals surface area contributed by atoms with Crippen LogP contribution in [0.5, 0.6) is 0 Å². The van der Waals surface area contributed by atoms with E-state index in [4.69, 9.17) is 10.5 Å². The third-order valence-corrected chi connectivity index (χ3v) is 3.43. The van der Waals surface area contributed by atoms with E-state index >= 15 is 0 Å². The van der Waals surface area contributed by atoms with Crippen LogP contribution >= 0.6 is 0 Å². The molecular weight excluding hydrogens is 176 g/mol. The standard InChI is InChI=1S/C11H24N2O/c1-9(12)11(2,3)8-13-6-5-10(7-13)14-4/h9-10H,5-8,12H2,1-4H3. The molecule has 0 aliphatic carbocycles. The fourth-order valence-corrected chi connectivity index (χ4v) is 1.85.